The smallest absolute Gasteiger partial charge is 0.213 e. The summed E-state index contributed by atoms with van der Waals surface area (Å²) in [6.45, 7) is 8.52. The minimum absolute atomic E-state index is 0.356. The van der Waals surface area contributed by atoms with E-state index in [-0.39, 0.29) is 0 Å². The van der Waals surface area contributed by atoms with Gasteiger partial charge in [-0.05, 0) is 50.6 Å². The summed E-state index contributed by atoms with van der Waals surface area (Å²) in [5, 5.41) is 3.42. The monoisotopic (exact) mass is 276 g/mol. The molecule has 0 spiro atoms. The van der Waals surface area contributed by atoms with Crippen LogP contribution in [0, 0.1) is 12.8 Å². The zero-order valence-corrected chi connectivity index (χ0v) is 13.1. The number of hydrogen-bond donors (Lipinski definition) is 1. The van der Waals surface area contributed by atoms with Crippen LogP contribution in [0.3, 0.4) is 0 Å². The quantitative estimate of drug-likeness (QED) is 0.801. The fourth-order valence-corrected chi connectivity index (χ4v) is 2.88. The van der Waals surface area contributed by atoms with E-state index >= 15 is 0 Å². The number of pyridine rings is 1. The average Bonchev–Trinajstić information content (AvgIpc) is 2.41. The summed E-state index contributed by atoms with van der Waals surface area (Å²) < 4.78 is 6.06. The Morgan fingerprint density at radius 1 is 1.35 bits per heavy atom. The number of nitrogens with zero attached hydrogens (tertiary/aromatic N) is 1. The number of nitrogens with one attached hydrogen (secondary N) is 1. The first-order valence-electron chi connectivity index (χ1n) is 8.03. The van der Waals surface area contributed by atoms with Crippen LogP contribution in [-0.2, 0) is 6.54 Å². The molecular weight excluding hydrogens is 248 g/mol. The molecule has 1 N–H and O–H groups in total. The number of rotatable bonds is 6. The molecule has 1 heterocycles. The van der Waals surface area contributed by atoms with Gasteiger partial charge in [0, 0.05) is 18.3 Å². The van der Waals surface area contributed by atoms with E-state index < -0.39 is 0 Å². The molecule has 0 aromatic carbocycles. The maximum Gasteiger partial charge on any atom is 0.213 e. The SMILES string of the molecule is CCCNCc1ccc(OC2CCCC(C)C2)nc1C. The normalized spacial score (nSPS) is 22.8. The van der Waals surface area contributed by atoms with Gasteiger partial charge in [0.1, 0.15) is 6.10 Å². The number of hydrogen-bond acceptors (Lipinski definition) is 3. The highest BCUT2D eigenvalue weighted by Gasteiger charge is 2.20. The molecule has 1 aromatic heterocycles. The molecular formula is C17H28N2O. The van der Waals surface area contributed by atoms with E-state index in [9.17, 15) is 0 Å². The summed E-state index contributed by atoms with van der Waals surface area (Å²) in [5.41, 5.74) is 2.35. The Hall–Kier alpha value is -1.09. The molecule has 0 amide bonds. The highest BCUT2D eigenvalue weighted by Crippen LogP contribution is 2.27. The lowest BCUT2D eigenvalue weighted by molar-refractivity contribution is 0.123. The first-order chi connectivity index (χ1) is 9.69. The molecule has 20 heavy (non-hydrogen) atoms. The molecule has 3 heteroatoms. The first kappa shape index (κ1) is 15.3. The molecule has 3 nitrogen and oxygen atoms in total. The third-order valence-electron chi connectivity index (χ3n) is 4.09. The van der Waals surface area contributed by atoms with Crippen molar-refractivity contribution in [3.8, 4) is 5.88 Å². The Bertz CT molecular complexity index is 419. The zero-order chi connectivity index (χ0) is 14.4. The molecule has 1 saturated carbocycles. The minimum Gasteiger partial charge on any atom is -0.474 e. The van der Waals surface area contributed by atoms with Crippen LogP contribution in [0.5, 0.6) is 5.88 Å². The average molecular weight is 276 g/mol. The van der Waals surface area contributed by atoms with E-state index in [0.717, 1.165) is 37.0 Å². The fourth-order valence-electron chi connectivity index (χ4n) is 2.88. The van der Waals surface area contributed by atoms with Gasteiger partial charge in [-0.1, -0.05) is 26.3 Å². The zero-order valence-electron chi connectivity index (χ0n) is 13.1. The maximum atomic E-state index is 6.06. The van der Waals surface area contributed by atoms with Crippen molar-refractivity contribution in [2.24, 2.45) is 5.92 Å². The molecule has 0 aliphatic heterocycles. The van der Waals surface area contributed by atoms with E-state index in [2.05, 4.69) is 37.1 Å². The summed E-state index contributed by atoms with van der Waals surface area (Å²) in [5.74, 6) is 1.58. The summed E-state index contributed by atoms with van der Waals surface area (Å²) in [6, 6.07) is 4.17. The molecule has 1 aromatic rings. The van der Waals surface area contributed by atoms with Crippen LogP contribution in [0.2, 0.25) is 0 Å². The van der Waals surface area contributed by atoms with Crippen LogP contribution in [0.15, 0.2) is 12.1 Å². The summed E-state index contributed by atoms with van der Waals surface area (Å²) in [6.07, 6.45) is 6.48. The van der Waals surface area contributed by atoms with E-state index in [0.29, 0.717) is 6.10 Å². The van der Waals surface area contributed by atoms with Crippen molar-refractivity contribution in [1.82, 2.24) is 10.3 Å². The number of aryl methyl sites for hydroxylation is 1. The van der Waals surface area contributed by atoms with Gasteiger partial charge >= 0.3 is 0 Å². The molecule has 1 aliphatic rings. The second-order valence-corrected chi connectivity index (χ2v) is 6.08. The number of aromatic nitrogens is 1. The third-order valence-corrected chi connectivity index (χ3v) is 4.09. The Morgan fingerprint density at radius 3 is 2.90 bits per heavy atom. The van der Waals surface area contributed by atoms with Gasteiger partial charge in [0.05, 0.1) is 0 Å². The van der Waals surface area contributed by atoms with Crippen molar-refractivity contribution in [3.05, 3.63) is 23.4 Å². The van der Waals surface area contributed by atoms with Gasteiger partial charge in [-0.3, -0.25) is 0 Å². The van der Waals surface area contributed by atoms with Crippen molar-refractivity contribution in [2.75, 3.05) is 6.54 Å². The Kier molecular flexibility index (Phi) is 5.84. The predicted molar refractivity (Wildman–Crippen MR) is 83.0 cm³/mol. The van der Waals surface area contributed by atoms with Gasteiger partial charge in [-0.15, -0.1) is 0 Å². The Morgan fingerprint density at radius 2 is 2.20 bits per heavy atom. The van der Waals surface area contributed by atoms with Gasteiger partial charge in [0.2, 0.25) is 5.88 Å². The highest BCUT2D eigenvalue weighted by atomic mass is 16.5. The Labute approximate surface area is 123 Å². The second kappa shape index (κ2) is 7.63. The van der Waals surface area contributed by atoms with Crippen LogP contribution in [0.4, 0.5) is 0 Å². The van der Waals surface area contributed by atoms with Crippen molar-refractivity contribution in [3.63, 3.8) is 0 Å². The Balaban J connectivity index is 1.91. The van der Waals surface area contributed by atoms with E-state index in [1.165, 1.54) is 31.2 Å². The lowest BCUT2D eigenvalue weighted by Gasteiger charge is -2.27. The van der Waals surface area contributed by atoms with Gasteiger partial charge in [-0.2, -0.15) is 0 Å². The maximum absolute atomic E-state index is 6.06. The lowest BCUT2D eigenvalue weighted by atomic mass is 9.89. The fraction of sp³-hybridized carbons (Fsp3) is 0.706. The van der Waals surface area contributed by atoms with E-state index in [4.69, 9.17) is 4.74 Å². The van der Waals surface area contributed by atoms with Gasteiger partial charge in [0.25, 0.3) is 0 Å². The standard InChI is InChI=1S/C17H28N2O/c1-4-10-18-12-15-8-9-17(19-14(15)3)20-16-7-5-6-13(2)11-16/h8-9,13,16,18H,4-7,10-12H2,1-3H3. The van der Waals surface area contributed by atoms with E-state index in [1.807, 2.05) is 6.07 Å². The molecule has 1 aliphatic carbocycles. The largest absolute Gasteiger partial charge is 0.474 e. The van der Waals surface area contributed by atoms with Crippen LogP contribution in [0.25, 0.3) is 0 Å². The molecule has 1 fully saturated rings. The van der Waals surface area contributed by atoms with Crippen LogP contribution >= 0.6 is 0 Å². The van der Waals surface area contributed by atoms with Crippen LogP contribution < -0.4 is 10.1 Å². The molecule has 0 bridgehead atoms. The van der Waals surface area contributed by atoms with Crippen molar-refractivity contribution in [1.29, 1.82) is 0 Å². The summed E-state index contributed by atoms with van der Waals surface area (Å²) in [4.78, 5) is 4.61. The first-order valence-corrected chi connectivity index (χ1v) is 8.03. The summed E-state index contributed by atoms with van der Waals surface area (Å²) in [7, 11) is 0. The van der Waals surface area contributed by atoms with E-state index in [1.54, 1.807) is 0 Å². The van der Waals surface area contributed by atoms with Crippen molar-refractivity contribution in [2.45, 2.75) is 65.5 Å². The molecule has 112 valence electrons. The molecule has 0 radical (unpaired) electrons. The molecule has 0 saturated heterocycles. The number of ether oxygens (including phenoxy) is 1. The van der Waals surface area contributed by atoms with Gasteiger partial charge in [-0.25, -0.2) is 4.98 Å². The molecule has 2 unspecified atom stereocenters. The minimum atomic E-state index is 0.356. The highest BCUT2D eigenvalue weighted by molar-refractivity contribution is 5.25. The molecule has 2 rings (SSSR count). The van der Waals surface area contributed by atoms with Crippen LogP contribution in [-0.4, -0.2) is 17.6 Å². The lowest BCUT2D eigenvalue weighted by Crippen LogP contribution is -2.24. The van der Waals surface area contributed by atoms with Crippen molar-refractivity contribution >= 4 is 0 Å². The second-order valence-electron chi connectivity index (χ2n) is 6.08. The van der Waals surface area contributed by atoms with Gasteiger partial charge in [0.15, 0.2) is 0 Å². The topological polar surface area (TPSA) is 34.1 Å². The molecule has 2 atom stereocenters. The van der Waals surface area contributed by atoms with Crippen LogP contribution in [0.1, 0.15) is 57.2 Å². The summed E-state index contributed by atoms with van der Waals surface area (Å²) >= 11 is 0. The third kappa shape index (κ3) is 4.48. The van der Waals surface area contributed by atoms with Gasteiger partial charge < -0.3 is 10.1 Å². The predicted octanol–water partition coefficient (Wildman–Crippen LogP) is 3.85. The van der Waals surface area contributed by atoms with Crippen molar-refractivity contribution < 1.29 is 4.74 Å².